The highest BCUT2D eigenvalue weighted by Gasteiger charge is 2.21. The maximum absolute atomic E-state index is 13.0. The number of nitrogens with zero attached hydrogens (tertiary/aromatic N) is 1. The van der Waals surface area contributed by atoms with Gasteiger partial charge < -0.3 is 15.5 Å². The second kappa shape index (κ2) is 10.2. The Kier molecular flexibility index (Phi) is 7.56. The van der Waals surface area contributed by atoms with E-state index in [-0.39, 0.29) is 16.8 Å². The van der Waals surface area contributed by atoms with E-state index in [0.717, 1.165) is 50.3 Å². The lowest BCUT2D eigenvalue weighted by atomic mass is 10.1. The van der Waals surface area contributed by atoms with E-state index in [9.17, 15) is 13.2 Å². The first-order valence-corrected chi connectivity index (χ1v) is 12.3. The minimum absolute atomic E-state index is 0.0285. The van der Waals surface area contributed by atoms with Crippen molar-refractivity contribution >= 4 is 27.3 Å². The van der Waals surface area contributed by atoms with Gasteiger partial charge in [-0.05, 0) is 55.7 Å². The second-order valence-electron chi connectivity index (χ2n) is 7.85. The van der Waals surface area contributed by atoms with Crippen LogP contribution >= 0.6 is 0 Å². The van der Waals surface area contributed by atoms with Crippen molar-refractivity contribution in [3.05, 3.63) is 53.6 Å². The summed E-state index contributed by atoms with van der Waals surface area (Å²) in [6, 6.07) is 12.0. The lowest BCUT2D eigenvalue weighted by Gasteiger charge is -2.31. The van der Waals surface area contributed by atoms with Crippen molar-refractivity contribution in [3.8, 4) is 0 Å². The van der Waals surface area contributed by atoms with Crippen molar-refractivity contribution in [1.29, 1.82) is 0 Å². The molecule has 2 aromatic rings. The molecular formula is C23H32N4O3S. The third kappa shape index (κ3) is 5.77. The van der Waals surface area contributed by atoms with Crippen LogP contribution in [0.25, 0.3) is 0 Å². The van der Waals surface area contributed by atoms with Crippen LogP contribution in [0.2, 0.25) is 0 Å². The predicted molar refractivity (Wildman–Crippen MR) is 125 cm³/mol. The first-order valence-electron chi connectivity index (χ1n) is 10.9. The smallest absolute Gasteiger partial charge is 0.261 e. The molecule has 1 atom stereocenters. The highest BCUT2D eigenvalue weighted by molar-refractivity contribution is 7.92. The highest BCUT2D eigenvalue weighted by Crippen LogP contribution is 2.27. The number of amides is 1. The van der Waals surface area contributed by atoms with Gasteiger partial charge in [0, 0.05) is 43.6 Å². The minimum atomic E-state index is -3.75. The maximum atomic E-state index is 13.0. The Labute approximate surface area is 185 Å². The summed E-state index contributed by atoms with van der Waals surface area (Å²) in [6.07, 6.45) is 1.66. The maximum Gasteiger partial charge on any atom is 0.261 e. The number of piperazine rings is 1. The van der Waals surface area contributed by atoms with Crippen molar-refractivity contribution < 1.29 is 13.2 Å². The predicted octanol–water partition coefficient (Wildman–Crippen LogP) is 2.99. The van der Waals surface area contributed by atoms with Gasteiger partial charge in [0.2, 0.25) is 0 Å². The number of aryl methyl sites for hydroxylation is 1. The third-order valence-corrected chi connectivity index (χ3v) is 6.98. The summed E-state index contributed by atoms with van der Waals surface area (Å²) in [6.45, 7) is 9.25. The Balaban J connectivity index is 1.91. The molecule has 1 fully saturated rings. The zero-order valence-electron chi connectivity index (χ0n) is 18.4. The summed E-state index contributed by atoms with van der Waals surface area (Å²) in [5.41, 5.74) is 2.73. The van der Waals surface area contributed by atoms with Crippen LogP contribution < -0.4 is 20.3 Å². The van der Waals surface area contributed by atoms with E-state index in [1.165, 1.54) is 0 Å². The lowest BCUT2D eigenvalue weighted by Crippen LogP contribution is -2.44. The van der Waals surface area contributed by atoms with Crippen molar-refractivity contribution in [2.24, 2.45) is 0 Å². The van der Waals surface area contributed by atoms with Gasteiger partial charge in [0.1, 0.15) is 0 Å². The Morgan fingerprint density at radius 1 is 1.10 bits per heavy atom. The molecule has 168 valence electrons. The van der Waals surface area contributed by atoms with Gasteiger partial charge in [-0.1, -0.05) is 26.0 Å². The van der Waals surface area contributed by atoms with Gasteiger partial charge in [-0.2, -0.15) is 0 Å². The molecule has 0 spiro atoms. The fourth-order valence-corrected chi connectivity index (χ4v) is 4.53. The zero-order chi connectivity index (χ0) is 22.4. The monoisotopic (exact) mass is 444 g/mol. The van der Waals surface area contributed by atoms with E-state index in [4.69, 9.17) is 0 Å². The van der Waals surface area contributed by atoms with Crippen LogP contribution in [0, 0.1) is 0 Å². The highest BCUT2D eigenvalue weighted by atomic mass is 32.2. The lowest BCUT2D eigenvalue weighted by molar-refractivity contribution is 0.0939. The van der Waals surface area contributed by atoms with Gasteiger partial charge in [0.05, 0.1) is 10.5 Å². The van der Waals surface area contributed by atoms with Crippen LogP contribution in [0.3, 0.4) is 0 Å². The molecular weight excluding hydrogens is 412 g/mol. The van der Waals surface area contributed by atoms with E-state index in [1.54, 1.807) is 24.3 Å². The SMILES string of the molecule is CCc1ccc(S(=O)(=O)Nc2ccc(N3CCNCC3)c(C(=O)N[C@H](C)CC)c2)cc1. The van der Waals surface area contributed by atoms with Crippen LogP contribution in [0.5, 0.6) is 0 Å². The number of nitrogens with one attached hydrogen (secondary N) is 3. The zero-order valence-corrected chi connectivity index (χ0v) is 19.3. The van der Waals surface area contributed by atoms with Crippen molar-refractivity contribution in [1.82, 2.24) is 10.6 Å². The summed E-state index contributed by atoms with van der Waals surface area (Å²) in [5.74, 6) is -0.198. The molecule has 0 bridgehead atoms. The van der Waals surface area contributed by atoms with E-state index in [1.807, 2.05) is 39.0 Å². The standard InChI is InChI=1S/C23H32N4O3S/c1-4-17(3)25-23(28)21-16-19(8-11-22(21)27-14-12-24-13-15-27)26-31(29,30)20-9-6-18(5-2)7-10-20/h6-11,16-17,24,26H,4-5,12-15H2,1-3H3,(H,25,28)/t17-/m1/s1. The summed E-state index contributed by atoms with van der Waals surface area (Å²) >= 11 is 0. The molecule has 1 aliphatic rings. The number of anilines is 2. The fraction of sp³-hybridized carbons (Fsp3) is 0.435. The Morgan fingerprint density at radius 2 is 1.77 bits per heavy atom. The Hall–Kier alpha value is -2.58. The molecule has 8 heteroatoms. The van der Waals surface area contributed by atoms with Crippen LogP contribution in [-0.4, -0.2) is 46.5 Å². The molecule has 1 saturated heterocycles. The summed E-state index contributed by atoms with van der Waals surface area (Å²) in [5, 5.41) is 6.31. The number of carbonyl (C=O) groups excluding carboxylic acids is 1. The van der Waals surface area contributed by atoms with Crippen molar-refractivity contribution in [2.75, 3.05) is 35.8 Å². The molecule has 0 radical (unpaired) electrons. The second-order valence-corrected chi connectivity index (χ2v) is 9.54. The van der Waals surface area contributed by atoms with Crippen LogP contribution in [0.4, 0.5) is 11.4 Å². The Bertz CT molecular complexity index is 1000. The van der Waals surface area contributed by atoms with E-state index < -0.39 is 10.0 Å². The fourth-order valence-electron chi connectivity index (χ4n) is 3.48. The molecule has 1 heterocycles. The van der Waals surface area contributed by atoms with Crippen molar-refractivity contribution in [3.63, 3.8) is 0 Å². The summed E-state index contributed by atoms with van der Waals surface area (Å²) in [4.78, 5) is 15.4. The Morgan fingerprint density at radius 3 is 2.39 bits per heavy atom. The molecule has 7 nitrogen and oxygen atoms in total. The van der Waals surface area contributed by atoms with Gasteiger partial charge in [0.15, 0.2) is 0 Å². The molecule has 1 amide bonds. The molecule has 2 aromatic carbocycles. The van der Waals surface area contributed by atoms with Gasteiger partial charge in [0.25, 0.3) is 15.9 Å². The topological polar surface area (TPSA) is 90.5 Å². The number of rotatable bonds is 8. The normalized spacial score (nSPS) is 15.4. The van der Waals surface area contributed by atoms with Crippen LogP contribution in [-0.2, 0) is 16.4 Å². The first kappa shape index (κ1) is 23.1. The minimum Gasteiger partial charge on any atom is -0.368 e. The molecule has 0 saturated carbocycles. The molecule has 3 N–H and O–H groups in total. The van der Waals surface area contributed by atoms with Crippen LogP contribution in [0.15, 0.2) is 47.4 Å². The van der Waals surface area contributed by atoms with Gasteiger partial charge in [-0.25, -0.2) is 8.42 Å². The van der Waals surface area contributed by atoms with Crippen molar-refractivity contribution in [2.45, 2.75) is 44.6 Å². The number of benzene rings is 2. The third-order valence-electron chi connectivity index (χ3n) is 5.58. The quantitative estimate of drug-likeness (QED) is 0.582. The molecule has 0 aliphatic carbocycles. The molecule has 0 aromatic heterocycles. The molecule has 3 rings (SSSR count). The summed E-state index contributed by atoms with van der Waals surface area (Å²) < 4.78 is 28.4. The number of hydrogen-bond acceptors (Lipinski definition) is 5. The molecule has 1 aliphatic heterocycles. The number of carbonyl (C=O) groups is 1. The van der Waals surface area contributed by atoms with Gasteiger partial charge in [-0.3, -0.25) is 9.52 Å². The van der Waals surface area contributed by atoms with Gasteiger partial charge in [-0.15, -0.1) is 0 Å². The van der Waals surface area contributed by atoms with Gasteiger partial charge >= 0.3 is 0 Å². The average molecular weight is 445 g/mol. The van der Waals surface area contributed by atoms with E-state index >= 15 is 0 Å². The molecule has 0 unspecified atom stereocenters. The first-order chi connectivity index (χ1) is 14.8. The van der Waals surface area contributed by atoms with E-state index in [0.29, 0.717) is 11.3 Å². The van der Waals surface area contributed by atoms with Crippen LogP contribution in [0.1, 0.15) is 43.1 Å². The van der Waals surface area contributed by atoms with E-state index in [2.05, 4.69) is 20.3 Å². The molecule has 31 heavy (non-hydrogen) atoms. The summed E-state index contributed by atoms with van der Waals surface area (Å²) in [7, 11) is -3.75. The number of hydrogen-bond donors (Lipinski definition) is 3. The number of sulfonamides is 1. The largest absolute Gasteiger partial charge is 0.368 e. The average Bonchev–Trinajstić information content (AvgIpc) is 2.79.